The second-order valence-electron chi connectivity index (χ2n) is 2.56. The number of hydrogen-bond donors (Lipinski definition) is 0. The number of alkyl halides is 3. The van der Waals surface area contributed by atoms with Crippen molar-refractivity contribution in [2.24, 2.45) is 4.40 Å². The van der Waals surface area contributed by atoms with Crippen LogP contribution in [-0.2, 0) is 10.0 Å². The molecule has 0 atom stereocenters. The molecule has 0 aliphatic heterocycles. The van der Waals surface area contributed by atoms with Crippen molar-refractivity contribution in [1.82, 2.24) is 0 Å². The summed E-state index contributed by atoms with van der Waals surface area (Å²) in [7, 11) is -3.78. The van der Waals surface area contributed by atoms with Crippen LogP contribution in [0.25, 0.3) is 0 Å². The highest BCUT2D eigenvalue weighted by atomic mass is 35.6. The van der Waals surface area contributed by atoms with Gasteiger partial charge in [0.05, 0.1) is 11.1 Å². The minimum atomic E-state index is -3.78. The lowest BCUT2D eigenvalue weighted by molar-refractivity contribution is 0.598. The maximum absolute atomic E-state index is 11.5. The summed E-state index contributed by atoms with van der Waals surface area (Å²) in [4.78, 5) is 0.0514. The monoisotopic (exact) mass is 285 g/mol. The Hall–Kier alpha value is -0.290. The normalized spacial score (nSPS) is 13.3. The van der Waals surface area contributed by atoms with E-state index in [2.05, 4.69) is 4.40 Å². The molecule has 7 heteroatoms. The molecule has 1 rings (SSSR count). The third kappa shape index (κ3) is 4.38. The zero-order valence-corrected chi connectivity index (χ0v) is 10.4. The predicted octanol–water partition coefficient (Wildman–Crippen LogP) is 2.82. The van der Waals surface area contributed by atoms with E-state index in [1.165, 1.54) is 12.1 Å². The van der Waals surface area contributed by atoms with Crippen LogP contribution in [0.1, 0.15) is 0 Å². The van der Waals surface area contributed by atoms with Crippen LogP contribution in [0.3, 0.4) is 0 Å². The van der Waals surface area contributed by atoms with Crippen LogP contribution in [0.5, 0.6) is 0 Å². The summed E-state index contributed by atoms with van der Waals surface area (Å²) >= 11 is 16.0. The Labute approximate surface area is 103 Å². The molecule has 0 N–H and O–H groups in total. The second kappa shape index (κ2) is 4.70. The lowest BCUT2D eigenvalue weighted by atomic mass is 10.4. The third-order valence-electron chi connectivity index (χ3n) is 1.38. The number of sulfonamides is 1. The molecule has 82 valence electrons. The van der Waals surface area contributed by atoms with Gasteiger partial charge in [-0.2, -0.15) is 12.8 Å². The molecule has 0 unspecified atom stereocenters. The molecule has 0 aromatic heterocycles. The van der Waals surface area contributed by atoms with Crippen molar-refractivity contribution in [1.29, 1.82) is 0 Å². The molecule has 0 saturated carbocycles. The molecular weight excluding hydrogens is 281 g/mol. The topological polar surface area (TPSA) is 46.5 Å². The van der Waals surface area contributed by atoms with Gasteiger partial charge in [0.15, 0.2) is 0 Å². The fourth-order valence-corrected chi connectivity index (χ4v) is 2.02. The largest absolute Gasteiger partial charge is 0.282 e. The van der Waals surface area contributed by atoms with Crippen LogP contribution in [0.2, 0.25) is 0 Å². The van der Waals surface area contributed by atoms with Crippen LogP contribution < -0.4 is 0 Å². The van der Waals surface area contributed by atoms with E-state index in [9.17, 15) is 8.42 Å². The molecule has 0 saturated heterocycles. The van der Waals surface area contributed by atoms with E-state index >= 15 is 0 Å². The smallest absolute Gasteiger partial charge is 0.199 e. The first-order valence-corrected chi connectivity index (χ1v) is 6.32. The van der Waals surface area contributed by atoms with Gasteiger partial charge in [0, 0.05) is 0 Å². The molecule has 0 aliphatic carbocycles. The van der Waals surface area contributed by atoms with Crippen molar-refractivity contribution in [3.8, 4) is 0 Å². The third-order valence-corrected chi connectivity index (χ3v) is 2.92. The summed E-state index contributed by atoms with van der Waals surface area (Å²) < 4.78 is 24.4. The molecule has 0 radical (unpaired) electrons. The van der Waals surface area contributed by atoms with Crippen molar-refractivity contribution in [2.75, 3.05) is 0 Å². The molecule has 0 amide bonds. The Balaban J connectivity index is 3.01. The molecule has 0 heterocycles. The first-order valence-electron chi connectivity index (χ1n) is 3.74. The molecule has 3 nitrogen and oxygen atoms in total. The van der Waals surface area contributed by atoms with Gasteiger partial charge in [-0.05, 0) is 12.1 Å². The van der Waals surface area contributed by atoms with E-state index in [4.69, 9.17) is 34.8 Å². The average Bonchev–Trinajstić information content (AvgIpc) is 2.16. The number of benzene rings is 1. The first kappa shape index (κ1) is 12.8. The van der Waals surface area contributed by atoms with Gasteiger partial charge < -0.3 is 0 Å². The summed E-state index contributed by atoms with van der Waals surface area (Å²) in [5.74, 6) is 0. The first-order chi connectivity index (χ1) is 6.81. The number of hydrogen-bond acceptors (Lipinski definition) is 2. The van der Waals surface area contributed by atoms with E-state index in [0.717, 1.165) is 6.21 Å². The van der Waals surface area contributed by atoms with Crippen LogP contribution in [-0.4, -0.2) is 18.4 Å². The molecule has 1 aromatic carbocycles. The number of rotatable bonds is 2. The zero-order valence-electron chi connectivity index (χ0n) is 7.27. The highest BCUT2D eigenvalue weighted by Gasteiger charge is 2.19. The molecule has 1 aromatic rings. The van der Waals surface area contributed by atoms with Crippen molar-refractivity contribution in [2.45, 2.75) is 8.69 Å². The van der Waals surface area contributed by atoms with E-state index in [0.29, 0.717) is 0 Å². The molecule has 15 heavy (non-hydrogen) atoms. The van der Waals surface area contributed by atoms with E-state index in [-0.39, 0.29) is 4.90 Å². The molecule has 0 aliphatic rings. The molecule has 0 fully saturated rings. The standard InChI is InChI=1S/C8H6Cl3NO2S/c9-8(10,11)6-12-15(13,14)7-4-2-1-3-5-7/h1-6H/b12-6-. The van der Waals surface area contributed by atoms with Crippen LogP contribution in [0.4, 0.5) is 0 Å². The maximum atomic E-state index is 11.5. The van der Waals surface area contributed by atoms with E-state index in [1.807, 2.05) is 0 Å². The highest BCUT2D eigenvalue weighted by Crippen LogP contribution is 2.24. The van der Waals surface area contributed by atoms with Crippen LogP contribution >= 0.6 is 34.8 Å². The highest BCUT2D eigenvalue weighted by molar-refractivity contribution is 7.90. The minimum Gasteiger partial charge on any atom is -0.199 e. The number of nitrogens with zero attached hydrogens (tertiary/aromatic N) is 1. The second-order valence-corrected chi connectivity index (χ2v) is 6.57. The molecule has 0 bridgehead atoms. The van der Waals surface area contributed by atoms with Crippen molar-refractivity contribution >= 4 is 51.0 Å². The summed E-state index contributed by atoms with van der Waals surface area (Å²) in [6.45, 7) is 0. The van der Waals surface area contributed by atoms with Crippen molar-refractivity contribution in [3.05, 3.63) is 30.3 Å². The van der Waals surface area contributed by atoms with Gasteiger partial charge in [-0.3, -0.25) is 0 Å². The Morgan fingerprint density at radius 3 is 2.13 bits per heavy atom. The Morgan fingerprint density at radius 2 is 1.67 bits per heavy atom. The van der Waals surface area contributed by atoms with Gasteiger partial charge in [-0.25, -0.2) is 0 Å². The quantitative estimate of drug-likeness (QED) is 0.620. The maximum Gasteiger partial charge on any atom is 0.282 e. The van der Waals surface area contributed by atoms with Crippen LogP contribution in [0.15, 0.2) is 39.6 Å². The summed E-state index contributed by atoms with van der Waals surface area (Å²) in [5.41, 5.74) is 0. The van der Waals surface area contributed by atoms with Gasteiger partial charge in [-0.15, -0.1) is 0 Å². The van der Waals surface area contributed by atoms with E-state index in [1.54, 1.807) is 18.2 Å². The van der Waals surface area contributed by atoms with Gasteiger partial charge in [0.1, 0.15) is 0 Å². The Kier molecular flexibility index (Phi) is 4.00. The molecule has 0 spiro atoms. The van der Waals surface area contributed by atoms with Gasteiger partial charge in [0.25, 0.3) is 10.0 Å². The average molecular weight is 287 g/mol. The van der Waals surface area contributed by atoms with Crippen molar-refractivity contribution in [3.63, 3.8) is 0 Å². The summed E-state index contributed by atoms with van der Waals surface area (Å²) in [6, 6.07) is 7.67. The van der Waals surface area contributed by atoms with E-state index < -0.39 is 13.8 Å². The lowest BCUT2D eigenvalue weighted by Gasteiger charge is -2.02. The Bertz CT molecular complexity index is 451. The number of halogens is 3. The predicted molar refractivity (Wildman–Crippen MR) is 62.4 cm³/mol. The Morgan fingerprint density at radius 1 is 1.13 bits per heavy atom. The fourth-order valence-electron chi connectivity index (χ4n) is 0.782. The lowest BCUT2D eigenvalue weighted by Crippen LogP contribution is -2.06. The fraction of sp³-hybridized carbons (Fsp3) is 0.125. The van der Waals surface area contributed by atoms with Gasteiger partial charge in [-0.1, -0.05) is 53.0 Å². The van der Waals surface area contributed by atoms with Gasteiger partial charge in [0.2, 0.25) is 3.79 Å². The minimum absolute atomic E-state index is 0.0514. The summed E-state index contributed by atoms with van der Waals surface area (Å²) in [5, 5.41) is 0. The van der Waals surface area contributed by atoms with Crippen molar-refractivity contribution < 1.29 is 8.42 Å². The van der Waals surface area contributed by atoms with Crippen LogP contribution in [0, 0.1) is 0 Å². The SMILES string of the molecule is O=S(=O)(/N=C\C(Cl)(Cl)Cl)c1ccccc1. The van der Waals surface area contributed by atoms with Gasteiger partial charge >= 0.3 is 0 Å². The molecular formula is C8H6Cl3NO2S. The zero-order chi connectivity index (χ0) is 11.5. The summed E-state index contributed by atoms with van der Waals surface area (Å²) in [6.07, 6.45) is 0.750.